The van der Waals surface area contributed by atoms with Gasteiger partial charge in [-0.2, -0.15) is 4.68 Å². The van der Waals surface area contributed by atoms with Gasteiger partial charge in [0.1, 0.15) is 5.75 Å². The molecular weight excluding hydrogens is 334 g/mol. The van der Waals surface area contributed by atoms with Gasteiger partial charge in [-0.15, -0.1) is 0 Å². The van der Waals surface area contributed by atoms with Gasteiger partial charge in [0.05, 0.1) is 18.0 Å². The Balaban J connectivity index is 1.98. The molecule has 3 aromatic heterocycles. The van der Waals surface area contributed by atoms with Gasteiger partial charge < -0.3 is 4.74 Å². The SMILES string of the molecule is COc1ccc(-n2c(C)c3c(=O)n(-c4ncccn4)[nH]c3cc2=O)cc1. The number of ether oxygens (including phenoxy) is 1. The average Bonchev–Trinajstić information content (AvgIpc) is 2.99. The summed E-state index contributed by atoms with van der Waals surface area (Å²) in [4.78, 5) is 33.7. The van der Waals surface area contributed by atoms with E-state index in [9.17, 15) is 9.59 Å². The number of aromatic amines is 1. The van der Waals surface area contributed by atoms with Crippen molar-refractivity contribution in [1.82, 2.24) is 24.3 Å². The van der Waals surface area contributed by atoms with Crippen molar-refractivity contribution >= 4 is 10.9 Å². The molecule has 0 unspecified atom stereocenters. The highest BCUT2D eigenvalue weighted by molar-refractivity contribution is 5.81. The van der Waals surface area contributed by atoms with E-state index in [1.807, 2.05) is 0 Å². The predicted octanol–water partition coefficient (Wildman–Crippen LogP) is 1.58. The number of nitrogens with zero attached hydrogens (tertiary/aromatic N) is 4. The van der Waals surface area contributed by atoms with Crippen LogP contribution < -0.4 is 15.9 Å². The molecule has 0 fully saturated rings. The van der Waals surface area contributed by atoms with E-state index in [-0.39, 0.29) is 17.1 Å². The molecule has 3 heterocycles. The molecular formula is C18H15N5O3. The predicted molar refractivity (Wildman–Crippen MR) is 96.4 cm³/mol. The molecule has 0 aliphatic carbocycles. The molecule has 0 spiro atoms. The van der Waals surface area contributed by atoms with Gasteiger partial charge in [-0.05, 0) is 37.3 Å². The lowest BCUT2D eigenvalue weighted by Gasteiger charge is -2.10. The van der Waals surface area contributed by atoms with Crippen LogP contribution in [0.3, 0.4) is 0 Å². The molecule has 26 heavy (non-hydrogen) atoms. The van der Waals surface area contributed by atoms with Crippen molar-refractivity contribution in [2.75, 3.05) is 7.11 Å². The van der Waals surface area contributed by atoms with Crippen molar-refractivity contribution in [3.63, 3.8) is 0 Å². The van der Waals surface area contributed by atoms with Gasteiger partial charge in [-0.1, -0.05) is 0 Å². The van der Waals surface area contributed by atoms with Crippen LogP contribution in [0.15, 0.2) is 58.4 Å². The van der Waals surface area contributed by atoms with Gasteiger partial charge in [0, 0.05) is 29.8 Å². The Kier molecular flexibility index (Phi) is 3.65. The number of rotatable bonds is 3. The highest BCUT2D eigenvalue weighted by Gasteiger charge is 2.16. The topological polar surface area (TPSA) is 94.8 Å². The van der Waals surface area contributed by atoms with Crippen LogP contribution in [0.2, 0.25) is 0 Å². The van der Waals surface area contributed by atoms with E-state index in [1.165, 1.54) is 15.3 Å². The number of H-pyrrole nitrogens is 1. The number of methoxy groups -OCH3 is 1. The fraction of sp³-hybridized carbons (Fsp3) is 0.111. The number of fused-ring (bicyclic) bond motifs is 1. The van der Waals surface area contributed by atoms with Gasteiger partial charge in [-0.3, -0.25) is 19.3 Å². The third-order valence-corrected chi connectivity index (χ3v) is 4.19. The molecule has 1 aromatic carbocycles. The first-order chi connectivity index (χ1) is 12.6. The lowest BCUT2D eigenvalue weighted by molar-refractivity contribution is 0.414. The highest BCUT2D eigenvalue weighted by atomic mass is 16.5. The number of pyridine rings is 1. The summed E-state index contributed by atoms with van der Waals surface area (Å²) in [6.07, 6.45) is 3.09. The Hall–Kier alpha value is -3.68. The van der Waals surface area contributed by atoms with Crippen molar-refractivity contribution in [2.45, 2.75) is 6.92 Å². The van der Waals surface area contributed by atoms with E-state index in [1.54, 1.807) is 56.8 Å². The molecule has 4 rings (SSSR count). The van der Waals surface area contributed by atoms with Gasteiger partial charge in [0.25, 0.3) is 17.1 Å². The second-order valence-electron chi connectivity index (χ2n) is 5.69. The van der Waals surface area contributed by atoms with Crippen LogP contribution in [0.1, 0.15) is 5.69 Å². The van der Waals surface area contributed by atoms with Crippen molar-refractivity contribution in [3.05, 3.63) is 75.2 Å². The maximum absolute atomic E-state index is 12.9. The van der Waals surface area contributed by atoms with E-state index < -0.39 is 0 Å². The van der Waals surface area contributed by atoms with Crippen LogP contribution in [0.4, 0.5) is 0 Å². The van der Waals surface area contributed by atoms with Crippen molar-refractivity contribution in [2.24, 2.45) is 0 Å². The van der Waals surface area contributed by atoms with Crippen molar-refractivity contribution < 1.29 is 4.74 Å². The summed E-state index contributed by atoms with van der Waals surface area (Å²) in [5, 5.41) is 3.31. The Labute approximate surface area is 147 Å². The van der Waals surface area contributed by atoms with Crippen LogP contribution >= 0.6 is 0 Å². The minimum atomic E-state index is -0.314. The maximum Gasteiger partial charge on any atom is 0.283 e. The molecule has 8 heteroatoms. The minimum absolute atomic E-state index is 0.219. The van der Waals surface area contributed by atoms with Crippen LogP contribution in [0.25, 0.3) is 22.5 Å². The molecule has 0 saturated carbocycles. The molecule has 1 N–H and O–H groups in total. The molecule has 0 aliphatic heterocycles. The standard InChI is InChI=1S/C18H15N5O3/c1-11-16-14(21-23(17(16)25)18-19-8-3-9-20-18)10-15(24)22(11)12-4-6-13(26-2)7-5-12/h3-10,21H,1-2H3. The summed E-state index contributed by atoms with van der Waals surface area (Å²) >= 11 is 0. The zero-order chi connectivity index (χ0) is 18.3. The summed E-state index contributed by atoms with van der Waals surface area (Å²) in [5.74, 6) is 0.905. The molecule has 0 aliphatic rings. The smallest absolute Gasteiger partial charge is 0.283 e. The summed E-state index contributed by atoms with van der Waals surface area (Å²) < 4.78 is 7.87. The van der Waals surface area contributed by atoms with Crippen molar-refractivity contribution in [3.8, 4) is 17.4 Å². The Bertz CT molecular complexity index is 1200. The zero-order valence-corrected chi connectivity index (χ0v) is 14.1. The quantitative estimate of drug-likeness (QED) is 0.606. The second kappa shape index (κ2) is 5.99. The third kappa shape index (κ3) is 2.39. The lowest BCUT2D eigenvalue weighted by atomic mass is 10.2. The average molecular weight is 349 g/mol. The number of nitrogens with one attached hydrogen (secondary N) is 1. The van der Waals surface area contributed by atoms with Crippen LogP contribution in [-0.2, 0) is 0 Å². The minimum Gasteiger partial charge on any atom is -0.497 e. The number of aromatic nitrogens is 5. The number of benzene rings is 1. The molecule has 130 valence electrons. The van der Waals surface area contributed by atoms with Crippen LogP contribution in [0.5, 0.6) is 5.75 Å². The molecule has 0 radical (unpaired) electrons. The summed E-state index contributed by atoms with van der Waals surface area (Å²) in [6, 6.07) is 10.1. The highest BCUT2D eigenvalue weighted by Crippen LogP contribution is 2.18. The number of hydrogen-bond acceptors (Lipinski definition) is 5. The van der Waals surface area contributed by atoms with E-state index >= 15 is 0 Å². The molecule has 8 nitrogen and oxygen atoms in total. The normalized spacial score (nSPS) is 11.0. The summed E-state index contributed by atoms with van der Waals surface area (Å²) in [7, 11) is 1.58. The zero-order valence-electron chi connectivity index (χ0n) is 14.1. The molecule has 0 amide bonds. The molecule has 4 aromatic rings. The Morgan fingerprint density at radius 2 is 1.77 bits per heavy atom. The van der Waals surface area contributed by atoms with E-state index in [2.05, 4.69) is 15.1 Å². The largest absolute Gasteiger partial charge is 0.497 e. The van der Waals surface area contributed by atoms with Gasteiger partial charge in [-0.25, -0.2) is 9.97 Å². The third-order valence-electron chi connectivity index (χ3n) is 4.19. The summed E-state index contributed by atoms with van der Waals surface area (Å²) in [6.45, 7) is 1.74. The maximum atomic E-state index is 12.9. The van der Waals surface area contributed by atoms with Gasteiger partial charge in [0.2, 0.25) is 0 Å². The van der Waals surface area contributed by atoms with E-state index in [0.29, 0.717) is 28.0 Å². The fourth-order valence-electron chi connectivity index (χ4n) is 2.97. The summed E-state index contributed by atoms with van der Waals surface area (Å²) in [5.41, 5.74) is 1.06. The second-order valence-corrected chi connectivity index (χ2v) is 5.69. The lowest BCUT2D eigenvalue weighted by Crippen LogP contribution is -2.22. The number of aryl methyl sites for hydroxylation is 1. The molecule has 0 saturated heterocycles. The number of hydrogen-bond donors (Lipinski definition) is 1. The van der Waals surface area contributed by atoms with E-state index in [0.717, 1.165) is 0 Å². The molecule has 0 atom stereocenters. The van der Waals surface area contributed by atoms with Crippen molar-refractivity contribution in [1.29, 1.82) is 0 Å². The monoisotopic (exact) mass is 349 g/mol. The first kappa shape index (κ1) is 15.8. The first-order valence-electron chi connectivity index (χ1n) is 7.89. The fourth-order valence-corrected chi connectivity index (χ4v) is 2.97. The Morgan fingerprint density at radius 1 is 1.08 bits per heavy atom. The van der Waals surface area contributed by atoms with Gasteiger partial charge in [0.15, 0.2) is 0 Å². The van der Waals surface area contributed by atoms with E-state index in [4.69, 9.17) is 4.74 Å². The van der Waals surface area contributed by atoms with Gasteiger partial charge >= 0.3 is 0 Å². The van der Waals surface area contributed by atoms with Crippen LogP contribution in [0, 0.1) is 6.92 Å². The first-order valence-corrected chi connectivity index (χ1v) is 7.89. The van der Waals surface area contributed by atoms with Crippen LogP contribution in [-0.4, -0.2) is 31.4 Å². The molecule has 0 bridgehead atoms. The Morgan fingerprint density at radius 3 is 2.42 bits per heavy atom.